The number of thioether (sulfide) groups is 1. The van der Waals surface area contributed by atoms with E-state index in [1.807, 2.05) is 0 Å². The van der Waals surface area contributed by atoms with Crippen LogP contribution in [0, 0.1) is 0 Å². The number of aliphatic carboxylic acids is 3. The minimum Gasteiger partial charge on any atom is -0.481 e. The fourth-order valence-corrected chi connectivity index (χ4v) is 7.83. The van der Waals surface area contributed by atoms with Gasteiger partial charge in [0.05, 0.1) is 25.6 Å². The number of amides is 13. The number of carboxylic acid groups (broad SMARTS) is 3. The van der Waals surface area contributed by atoms with Gasteiger partial charge in [-0.2, -0.15) is 11.8 Å². The molecule has 0 aliphatic carbocycles. The second-order valence-electron chi connectivity index (χ2n) is 18.3. The molecule has 1 rings (SSSR count). The lowest BCUT2D eigenvalue weighted by Gasteiger charge is -2.28. The number of carboxylic acids is 3. The van der Waals surface area contributed by atoms with E-state index in [1.165, 1.54) is 24.3 Å². The molecule has 0 spiro atoms. The molecule has 82 heavy (non-hydrogen) atoms. The Balaban J connectivity index is 3.69. The third-order valence-corrected chi connectivity index (χ3v) is 12.1. The molecule has 456 valence electrons. The number of carbonyl (C=O) groups excluding carboxylic acids is 13. The minimum absolute atomic E-state index is 0.118. The molecule has 0 unspecified atom stereocenters. The molecular weight excluding hydrogens is 1110 g/mol. The van der Waals surface area contributed by atoms with Gasteiger partial charge in [0.25, 0.3) is 0 Å². The number of carbonyl (C=O) groups is 16. The van der Waals surface area contributed by atoms with Crippen LogP contribution in [0.3, 0.4) is 0 Å². The van der Waals surface area contributed by atoms with Crippen molar-refractivity contribution in [3.63, 3.8) is 0 Å². The summed E-state index contributed by atoms with van der Waals surface area (Å²) in [5.41, 5.74) is 26.9. The average molecular weight is 1190 g/mol. The number of nitrogens with one attached hydrogen (secondary N) is 10. The molecule has 1 aromatic heterocycles. The van der Waals surface area contributed by atoms with Gasteiger partial charge in [0.2, 0.25) is 76.8 Å². The molecule has 0 aromatic carbocycles. The third kappa shape index (κ3) is 28.8. The quantitative estimate of drug-likeness (QED) is 0.0270. The lowest BCUT2D eigenvalue weighted by Crippen LogP contribution is -2.61. The van der Waals surface area contributed by atoms with Crippen LogP contribution >= 0.6 is 11.8 Å². The van der Waals surface area contributed by atoms with E-state index in [0.29, 0.717) is 6.42 Å². The monoisotopic (exact) mass is 1180 g/mol. The van der Waals surface area contributed by atoms with Crippen molar-refractivity contribution >= 4 is 106 Å². The maximum Gasteiger partial charge on any atom is 0.305 e. The van der Waals surface area contributed by atoms with Crippen LogP contribution in [0.4, 0.5) is 0 Å². The zero-order valence-corrected chi connectivity index (χ0v) is 45.6. The van der Waals surface area contributed by atoms with Crippen molar-refractivity contribution in [2.75, 3.05) is 18.6 Å². The number of nitrogens with two attached hydrogens (primary N) is 5. The summed E-state index contributed by atoms with van der Waals surface area (Å²) < 4.78 is 0. The fraction of sp³-hybridized carbons (Fsp3) is 0.587. The summed E-state index contributed by atoms with van der Waals surface area (Å²) in [6.45, 7) is 1.09. The minimum atomic E-state index is -1.91. The summed E-state index contributed by atoms with van der Waals surface area (Å²) in [5, 5.41) is 48.9. The number of primary amides is 4. The zero-order chi connectivity index (χ0) is 62.2. The zero-order valence-electron chi connectivity index (χ0n) is 44.8. The number of imidazole rings is 1. The summed E-state index contributed by atoms with van der Waals surface area (Å²) in [6, 6.07) is -15.6. The first-order valence-electron chi connectivity index (χ1n) is 25.1. The largest absolute Gasteiger partial charge is 0.481 e. The molecule has 1 heterocycles. The topological polar surface area (TPSA) is 601 Å². The molecular formula is C46H72N16O19S. The Labute approximate surface area is 471 Å². The van der Waals surface area contributed by atoms with Crippen molar-refractivity contribution < 1.29 is 92.0 Å². The van der Waals surface area contributed by atoms with Crippen molar-refractivity contribution in [1.29, 1.82) is 0 Å². The van der Waals surface area contributed by atoms with Crippen LogP contribution in [-0.4, -0.2) is 193 Å². The van der Waals surface area contributed by atoms with E-state index in [0.717, 1.165) is 6.92 Å². The van der Waals surface area contributed by atoms with Crippen molar-refractivity contribution in [2.24, 2.45) is 28.7 Å². The highest BCUT2D eigenvalue weighted by molar-refractivity contribution is 7.98. The normalized spacial score (nSPS) is 14.1. The smallest absolute Gasteiger partial charge is 0.305 e. The molecule has 9 atom stereocenters. The predicted octanol–water partition coefficient (Wildman–Crippen LogP) is -8.08. The van der Waals surface area contributed by atoms with Gasteiger partial charge >= 0.3 is 17.9 Å². The number of aromatic amines is 1. The van der Waals surface area contributed by atoms with E-state index < -0.39 is 213 Å². The van der Waals surface area contributed by atoms with Crippen LogP contribution < -0.4 is 76.5 Å². The molecule has 1 aromatic rings. The van der Waals surface area contributed by atoms with Crippen LogP contribution in [0.25, 0.3) is 0 Å². The third-order valence-electron chi connectivity index (χ3n) is 11.5. The standard InChI is InChI=1S/C46H72N16O19S/c1-21(63)54-30(17-36(69)70)45(80)58-25(7-10-33(49)65)41(76)56-26(8-11-35(67)68)42(77)61-29(15-22-19-52-20-53-22)44(79)57-24(6-9-32(48)64)40(75)55-23(5-3-4-13-47)39(74)59-27(12-14-82-2)43(78)62-31(18-37(71)72)46(81)60-28(38(51)73)16-34(50)66/h19-20,23-31H,3-18,47H2,1-2H3,(H2,48,64)(H2,49,65)(H2,50,66)(H2,51,73)(H,52,53)(H,54,63)(H,55,75)(H,56,76)(H,57,79)(H,58,80)(H,59,74)(H,60,81)(H,61,77)(H,62,78)(H,67,68)(H,69,70)(H,71,72)/t23-,24-,25-,26-,27-,28-,29-,30-,31-/m0/s1. The van der Waals surface area contributed by atoms with Gasteiger partial charge in [-0.05, 0) is 63.5 Å². The summed E-state index contributed by atoms with van der Waals surface area (Å²) >= 11 is 1.22. The number of nitrogens with zero attached hydrogens (tertiary/aromatic N) is 1. The predicted molar refractivity (Wildman–Crippen MR) is 282 cm³/mol. The Morgan fingerprint density at radius 3 is 1.22 bits per heavy atom. The van der Waals surface area contributed by atoms with Gasteiger partial charge in [-0.15, -0.1) is 0 Å². The Bertz CT molecular complexity index is 2450. The van der Waals surface area contributed by atoms with E-state index in [2.05, 4.69) is 57.8 Å². The molecule has 0 aliphatic rings. The first-order valence-corrected chi connectivity index (χ1v) is 26.5. The van der Waals surface area contributed by atoms with E-state index >= 15 is 0 Å². The number of aromatic nitrogens is 2. The first kappa shape index (κ1) is 71.1. The lowest BCUT2D eigenvalue weighted by atomic mass is 10.0. The molecule has 0 aliphatic heterocycles. The van der Waals surface area contributed by atoms with Gasteiger partial charge in [0.1, 0.15) is 54.4 Å². The van der Waals surface area contributed by atoms with Crippen molar-refractivity contribution in [2.45, 2.75) is 151 Å². The highest BCUT2D eigenvalue weighted by Gasteiger charge is 2.36. The highest BCUT2D eigenvalue weighted by Crippen LogP contribution is 2.11. The Hall–Kier alpha value is -8.96. The number of unbranched alkanes of at least 4 members (excludes halogenated alkanes) is 1. The fourth-order valence-electron chi connectivity index (χ4n) is 7.35. The van der Waals surface area contributed by atoms with Crippen molar-refractivity contribution in [3.8, 4) is 0 Å². The summed E-state index contributed by atoms with van der Waals surface area (Å²) in [5.74, 6) is -18.8. The van der Waals surface area contributed by atoms with Gasteiger partial charge in [0.15, 0.2) is 0 Å². The van der Waals surface area contributed by atoms with Crippen LogP contribution in [0.5, 0.6) is 0 Å². The Morgan fingerprint density at radius 1 is 0.476 bits per heavy atom. The highest BCUT2D eigenvalue weighted by atomic mass is 32.2. The van der Waals surface area contributed by atoms with E-state index in [9.17, 15) is 92.0 Å². The van der Waals surface area contributed by atoms with Crippen LogP contribution in [-0.2, 0) is 83.1 Å². The number of hydrogen-bond donors (Lipinski definition) is 18. The van der Waals surface area contributed by atoms with Crippen LogP contribution in [0.1, 0.15) is 96.1 Å². The SMILES string of the molecule is CSCC[C@H](NC(=O)[C@H](CCCCN)NC(=O)[C@H](CCC(N)=O)NC(=O)[C@H](Cc1cnc[nH]1)NC(=O)[C@H](CCC(=O)O)NC(=O)[C@H](CCC(N)=O)NC(=O)[C@H](CC(=O)O)NC(C)=O)C(=O)N[C@@H](CC(=O)O)C(=O)N[C@@H](CC(N)=O)C(N)=O. The molecule has 0 radical (unpaired) electrons. The molecule has 35 nitrogen and oxygen atoms in total. The summed E-state index contributed by atoms with van der Waals surface area (Å²) in [6.07, 6.45) is -2.72. The lowest BCUT2D eigenvalue weighted by molar-refractivity contribution is -0.142. The summed E-state index contributed by atoms with van der Waals surface area (Å²) in [4.78, 5) is 211. The Kier molecular flexibility index (Phi) is 32.1. The van der Waals surface area contributed by atoms with Crippen LogP contribution in [0.15, 0.2) is 12.5 Å². The molecule has 0 bridgehead atoms. The second kappa shape index (κ2) is 37.1. The number of H-pyrrole nitrogens is 1. The molecule has 0 fully saturated rings. The van der Waals surface area contributed by atoms with Gasteiger partial charge in [-0.3, -0.25) is 76.7 Å². The number of hydrogen-bond acceptors (Lipinski definition) is 19. The van der Waals surface area contributed by atoms with Crippen LogP contribution in [0.2, 0.25) is 0 Å². The van der Waals surface area contributed by atoms with Gasteiger partial charge in [0, 0.05) is 44.5 Å². The maximum atomic E-state index is 14.3. The van der Waals surface area contributed by atoms with E-state index in [1.54, 1.807) is 6.26 Å². The van der Waals surface area contributed by atoms with E-state index in [-0.39, 0.29) is 37.3 Å². The maximum absolute atomic E-state index is 14.3. The molecule has 0 saturated carbocycles. The molecule has 13 amide bonds. The second-order valence-corrected chi connectivity index (χ2v) is 19.3. The van der Waals surface area contributed by atoms with Gasteiger partial charge in [-0.25, -0.2) is 4.98 Å². The molecule has 36 heteroatoms. The average Bonchev–Trinajstić information content (AvgIpc) is 3.96. The van der Waals surface area contributed by atoms with Gasteiger partial charge < -0.3 is 96.8 Å². The first-order chi connectivity index (χ1) is 38.5. The van der Waals surface area contributed by atoms with Crippen molar-refractivity contribution in [3.05, 3.63) is 18.2 Å². The number of rotatable bonds is 42. The summed E-state index contributed by atoms with van der Waals surface area (Å²) in [7, 11) is 0. The van der Waals surface area contributed by atoms with Crippen molar-refractivity contribution in [1.82, 2.24) is 57.8 Å². The molecule has 23 N–H and O–H groups in total. The molecule has 0 saturated heterocycles. The van der Waals surface area contributed by atoms with E-state index in [4.69, 9.17) is 28.7 Å². The van der Waals surface area contributed by atoms with Gasteiger partial charge in [-0.1, -0.05) is 0 Å². The Morgan fingerprint density at radius 2 is 0.854 bits per heavy atom.